The lowest BCUT2D eigenvalue weighted by atomic mass is 10.0. The van der Waals surface area contributed by atoms with Crippen LogP contribution in [0, 0.1) is 5.92 Å². The molecule has 1 atom stereocenters. The van der Waals surface area contributed by atoms with Gasteiger partial charge in [-0.1, -0.05) is 18.3 Å². The lowest BCUT2D eigenvalue weighted by Gasteiger charge is -2.30. The summed E-state index contributed by atoms with van der Waals surface area (Å²) in [5.41, 5.74) is 1.16. The van der Waals surface area contributed by atoms with Crippen LogP contribution in [0.4, 0.5) is 5.13 Å². The van der Waals surface area contributed by atoms with E-state index in [0.717, 1.165) is 24.6 Å². The summed E-state index contributed by atoms with van der Waals surface area (Å²) >= 11 is 1.38. The number of esters is 1. The summed E-state index contributed by atoms with van der Waals surface area (Å²) < 4.78 is 5.18. The second-order valence-corrected chi connectivity index (χ2v) is 6.66. The molecule has 23 heavy (non-hydrogen) atoms. The van der Waals surface area contributed by atoms with E-state index in [2.05, 4.69) is 26.8 Å². The minimum Gasteiger partial charge on any atom is -0.462 e. The monoisotopic (exact) mass is 332 g/mol. The Morgan fingerprint density at radius 2 is 2.35 bits per heavy atom. The molecule has 0 radical (unpaired) electrons. The fourth-order valence-corrected chi connectivity index (χ4v) is 3.74. The molecular weight excluding hydrogens is 312 g/mol. The number of carbonyl (C=O) groups excluding carboxylic acids is 1. The number of anilines is 1. The van der Waals surface area contributed by atoms with Crippen molar-refractivity contribution >= 4 is 22.4 Å². The first-order valence-corrected chi connectivity index (χ1v) is 8.70. The Hall–Kier alpha value is -2.02. The van der Waals surface area contributed by atoms with Crippen molar-refractivity contribution in [3.05, 3.63) is 23.5 Å². The Labute approximate surface area is 139 Å². The van der Waals surface area contributed by atoms with Crippen molar-refractivity contribution in [3.8, 4) is 11.4 Å². The first-order valence-electron chi connectivity index (χ1n) is 7.88. The number of carbonyl (C=O) groups is 1. The average molecular weight is 332 g/mol. The van der Waals surface area contributed by atoms with Crippen molar-refractivity contribution in [2.45, 2.75) is 26.7 Å². The molecule has 6 nitrogen and oxygen atoms in total. The quantitative estimate of drug-likeness (QED) is 0.802. The molecule has 7 heteroatoms. The van der Waals surface area contributed by atoms with Gasteiger partial charge >= 0.3 is 5.97 Å². The highest BCUT2D eigenvalue weighted by Gasteiger charge is 2.26. The second-order valence-electron chi connectivity index (χ2n) is 5.68. The largest absolute Gasteiger partial charge is 0.462 e. The molecule has 122 valence electrons. The van der Waals surface area contributed by atoms with Crippen molar-refractivity contribution in [3.63, 3.8) is 0 Å². The van der Waals surface area contributed by atoms with Crippen molar-refractivity contribution < 1.29 is 9.53 Å². The van der Waals surface area contributed by atoms with E-state index in [1.165, 1.54) is 17.8 Å². The number of piperidine rings is 1. The molecule has 1 saturated heterocycles. The van der Waals surface area contributed by atoms with Crippen LogP contribution >= 0.6 is 11.3 Å². The van der Waals surface area contributed by atoms with Gasteiger partial charge in [-0.2, -0.15) is 0 Å². The molecule has 3 rings (SSSR count). The number of ether oxygens (including phenoxy) is 1. The van der Waals surface area contributed by atoms with Gasteiger partial charge in [-0.15, -0.1) is 0 Å². The van der Waals surface area contributed by atoms with Gasteiger partial charge in [0.2, 0.25) is 0 Å². The molecule has 2 aromatic rings. The van der Waals surface area contributed by atoms with Gasteiger partial charge in [-0.25, -0.2) is 9.78 Å². The normalized spacial score (nSPS) is 18.0. The summed E-state index contributed by atoms with van der Waals surface area (Å²) in [5, 5.41) is 0.861. The minimum absolute atomic E-state index is 0.340. The zero-order chi connectivity index (χ0) is 16.2. The lowest BCUT2D eigenvalue weighted by Crippen LogP contribution is -2.34. The highest BCUT2D eigenvalue weighted by atomic mass is 32.1. The summed E-state index contributed by atoms with van der Waals surface area (Å²) in [7, 11) is 0. The molecule has 3 heterocycles. The molecule has 1 aliphatic heterocycles. The van der Waals surface area contributed by atoms with E-state index in [-0.39, 0.29) is 5.97 Å². The van der Waals surface area contributed by atoms with Gasteiger partial charge in [0.15, 0.2) is 5.13 Å². The topological polar surface area (TPSA) is 68.2 Å². The third-order valence-corrected chi connectivity index (χ3v) is 4.91. The van der Waals surface area contributed by atoms with Crippen LogP contribution in [0.3, 0.4) is 0 Å². The molecule has 0 spiro atoms. The van der Waals surface area contributed by atoms with E-state index in [0.29, 0.717) is 28.8 Å². The molecule has 0 amide bonds. The Morgan fingerprint density at radius 3 is 3.04 bits per heavy atom. The van der Waals surface area contributed by atoms with E-state index >= 15 is 0 Å². The maximum absolute atomic E-state index is 12.3. The van der Waals surface area contributed by atoms with Gasteiger partial charge in [-0.3, -0.25) is 9.97 Å². The van der Waals surface area contributed by atoms with Crippen LogP contribution in [-0.2, 0) is 4.74 Å². The molecule has 0 saturated carbocycles. The number of rotatable bonds is 4. The number of thiazole rings is 1. The maximum atomic E-state index is 12.3. The Kier molecular flexibility index (Phi) is 4.85. The smallest absolute Gasteiger partial charge is 0.350 e. The predicted molar refractivity (Wildman–Crippen MR) is 89.7 cm³/mol. The SMILES string of the molecule is CCOC(=O)c1sc(N2CCCC(C)C2)nc1-c1cnccn1. The van der Waals surface area contributed by atoms with Crippen molar-refractivity contribution in [1.29, 1.82) is 0 Å². The third kappa shape index (κ3) is 3.50. The molecule has 1 aliphatic rings. The molecule has 1 unspecified atom stereocenters. The van der Waals surface area contributed by atoms with Crippen molar-refractivity contribution in [2.24, 2.45) is 5.92 Å². The van der Waals surface area contributed by atoms with Crippen LogP contribution in [0.2, 0.25) is 0 Å². The molecule has 0 N–H and O–H groups in total. The number of hydrogen-bond donors (Lipinski definition) is 0. The second kappa shape index (κ2) is 7.04. The van der Waals surface area contributed by atoms with Gasteiger partial charge in [0.05, 0.1) is 12.8 Å². The van der Waals surface area contributed by atoms with Crippen LogP contribution in [-0.4, -0.2) is 40.6 Å². The molecule has 0 bridgehead atoms. The van der Waals surface area contributed by atoms with Gasteiger partial charge in [0.1, 0.15) is 16.3 Å². The van der Waals surface area contributed by atoms with Crippen LogP contribution in [0.25, 0.3) is 11.4 Å². The maximum Gasteiger partial charge on any atom is 0.350 e. The van der Waals surface area contributed by atoms with Crippen molar-refractivity contribution in [1.82, 2.24) is 15.0 Å². The first-order chi connectivity index (χ1) is 11.2. The molecule has 0 aromatic carbocycles. The van der Waals surface area contributed by atoms with Gasteiger partial charge in [-0.05, 0) is 25.7 Å². The summed E-state index contributed by atoms with van der Waals surface area (Å²) in [5.74, 6) is 0.292. The minimum atomic E-state index is -0.345. The summed E-state index contributed by atoms with van der Waals surface area (Å²) in [6.45, 7) is 6.33. The standard InChI is InChI=1S/C16H20N4O2S/c1-3-22-15(21)14-13(12-9-17-6-7-18-12)19-16(23-14)20-8-4-5-11(2)10-20/h6-7,9,11H,3-5,8,10H2,1-2H3. The van der Waals surface area contributed by atoms with Gasteiger partial charge in [0, 0.05) is 25.5 Å². The Morgan fingerprint density at radius 1 is 1.48 bits per heavy atom. The van der Waals surface area contributed by atoms with E-state index < -0.39 is 0 Å². The highest BCUT2D eigenvalue weighted by molar-refractivity contribution is 7.17. The van der Waals surface area contributed by atoms with E-state index in [9.17, 15) is 4.79 Å². The Balaban J connectivity index is 1.98. The number of hydrogen-bond acceptors (Lipinski definition) is 7. The average Bonchev–Trinajstić information content (AvgIpc) is 3.01. The van der Waals surface area contributed by atoms with Gasteiger partial charge < -0.3 is 9.64 Å². The van der Waals surface area contributed by atoms with E-state index in [4.69, 9.17) is 4.74 Å². The molecule has 2 aromatic heterocycles. The Bertz CT molecular complexity index is 674. The van der Waals surface area contributed by atoms with Crippen LogP contribution in [0.1, 0.15) is 36.4 Å². The first kappa shape index (κ1) is 15.9. The van der Waals surface area contributed by atoms with Crippen molar-refractivity contribution in [2.75, 3.05) is 24.6 Å². The van der Waals surface area contributed by atoms with Crippen LogP contribution in [0.5, 0.6) is 0 Å². The molecule has 0 aliphatic carbocycles. The zero-order valence-corrected chi connectivity index (χ0v) is 14.2. The van der Waals surface area contributed by atoms with Gasteiger partial charge in [0.25, 0.3) is 0 Å². The number of nitrogens with zero attached hydrogens (tertiary/aromatic N) is 4. The van der Waals surface area contributed by atoms with E-state index in [1.807, 2.05) is 0 Å². The summed E-state index contributed by atoms with van der Waals surface area (Å²) in [6.07, 6.45) is 7.22. The lowest BCUT2D eigenvalue weighted by molar-refractivity contribution is 0.0532. The fourth-order valence-electron chi connectivity index (χ4n) is 2.74. The zero-order valence-electron chi connectivity index (χ0n) is 13.4. The summed E-state index contributed by atoms with van der Waals surface area (Å²) in [4.78, 5) is 28.1. The predicted octanol–water partition coefficient (Wildman–Crippen LogP) is 3.01. The third-order valence-electron chi connectivity index (χ3n) is 3.81. The number of aromatic nitrogens is 3. The fraction of sp³-hybridized carbons (Fsp3) is 0.500. The van der Waals surface area contributed by atoms with Crippen LogP contribution in [0.15, 0.2) is 18.6 Å². The highest BCUT2D eigenvalue weighted by Crippen LogP contribution is 2.34. The molecular formula is C16H20N4O2S. The molecule has 1 fully saturated rings. The van der Waals surface area contributed by atoms with Crippen LogP contribution < -0.4 is 4.90 Å². The summed E-state index contributed by atoms with van der Waals surface area (Å²) in [6, 6.07) is 0. The van der Waals surface area contributed by atoms with E-state index in [1.54, 1.807) is 25.5 Å².